The predicted octanol–water partition coefficient (Wildman–Crippen LogP) is 1.80. The zero-order valence-electron chi connectivity index (χ0n) is 14.6. The lowest BCUT2D eigenvalue weighted by Gasteiger charge is -2.44. The maximum atomic E-state index is 12.8. The maximum Gasteiger partial charge on any atom is 0.275 e. The summed E-state index contributed by atoms with van der Waals surface area (Å²) >= 11 is 0. The maximum absolute atomic E-state index is 12.8. The van der Waals surface area contributed by atoms with E-state index in [4.69, 9.17) is 0 Å². The Morgan fingerprint density at radius 2 is 2.08 bits per heavy atom. The van der Waals surface area contributed by atoms with Crippen LogP contribution in [-0.4, -0.2) is 57.4 Å². The number of para-hydroxylation sites is 1. The minimum atomic E-state index is -0.0489. The van der Waals surface area contributed by atoms with Crippen molar-refractivity contribution in [3.8, 4) is 0 Å². The van der Waals surface area contributed by atoms with Crippen molar-refractivity contribution in [1.82, 2.24) is 25.3 Å². The molecule has 26 heavy (non-hydrogen) atoms. The lowest BCUT2D eigenvalue weighted by atomic mass is 10.1. The highest BCUT2D eigenvalue weighted by Gasteiger charge is 2.35. The van der Waals surface area contributed by atoms with E-state index in [2.05, 4.69) is 31.4 Å². The van der Waals surface area contributed by atoms with E-state index in [1.54, 1.807) is 4.90 Å². The van der Waals surface area contributed by atoms with Crippen LogP contribution in [0.25, 0.3) is 10.9 Å². The minimum Gasteiger partial charge on any atom is -0.351 e. The van der Waals surface area contributed by atoms with Crippen molar-refractivity contribution in [2.75, 3.05) is 25.0 Å². The van der Waals surface area contributed by atoms with E-state index < -0.39 is 0 Å². The van der Waals surface area contributed by atoms with Gasteiger partial charge in [0.1, 0.15) is 0 Å². The summed E-state index contributed by atoms with van der Waals surface area (Å²) in [6.07, 6.45) is 3.31. The summed E-state index contributed by atoms with van der Waals surface area (Å²) in [6, 6.07) is 10.0. The third-order valence-corrected chi connectivity index (χ3v) is 5.53. The Bertz CT molecular complexity index is 991. The van der Waals surface area contributed by atoms with E-state index >= 15 is 0 Å². The smallest absolute Gasteiger partial charge is 0.275 e. The number of nitrogens with one attached hydrogen (secondary N) is 1. The fourth-order valence-corrected chi connectivity index (χ4v) is 3.82. The van der Waals surface area contributed by atoms with Gasteiger partial charge in [-0.1, -0.05) is 18.2 Å². The number of benzene rings is 1. The minimum absolute atomic E-state index is 0.0489. The standard InChI is InChI=1S/C19H20N6O/c1-24(19(26)18-14-6-2-3-7-16(14)21-23-18)13-10-25(11-13)17-9-12-5-4-8-15(12)20-22-17/h2-3,6-7,9,13H,4-5,8,10-11H2,1H3,(H,21,23). The molecule has 1 amide bonds. The monoisotopic (exact) mass is 348 g/mol. The molecular weight excluding hydrogens is 328 g/mol. The highest BCUT2D eigenvalue weighted by atomic mass is 16.2. The zero-order chi connectivity index (χ0) is 17.7. The summed E-state index contributed by atoms with van der Waals surface area (Å²) in [5.41, 5.74) is 3.83. The fourth-order valence-electron chi connectivity index (χ4n) is 3.82. The second kappa shape index (κ2) is 5.79. The van der Waals surface area contributed by atoms with Crippen LogP contribution in [-0.2, 0) is 12.8 Å². The van der Waals surface area contributed by atoms with Gasteiger partial charge in [0.15, 0.2) is 11.5 Å². The van der Waals surface area contributed by atoms with Crippen LogP contribution < -0.4 is 4.90 Å². The summed E-state index contributed by atoms with van der Waals surface area (Å²) in [5, 5.41) is 16.7. The fraction of sp³-hybridized carbons (Fsp3) is 0.368. The Morgan fingerprint density at radius 1 is 1.23 bits per heavy atom. The number of amides is 1. The van der Waals surface area contributed by atoms with Crippen LogP contribution in [0.4, 0.5) is 5.82 Å². The third-order valence-electron chi connectivity index (χ3n) is 5.53. The predicted molar refractivity (Wildman–Crippen MR) is 98.2 cm³/mol. The molecule has 3 heterocycles. The van der Waals surface area contributed by atoms with Crippen molar-refractivity contribution in [3.63, 3.8) is 0 Å². The quantitative estimate of drug-likeness (QED) is 0.781. The molecule has 1 N–H and O–H groups in total. The molecule has 5 rings (SSSR count). The normalized spacial score (nSPS) is 16.6. The van der Waals surface area contributed by atoms with Crippen LogP contribution in [0.2, 0.25) is 0 Å². The van der Waals surface area contributed by atoms with Gasteiger partial charge in [-0.25, -0.2) is 0 Å². The van der Waals surface area contributed by atoms with Gasteiger partial charge >= 0.3 is 0 Å². The van der Waals surface area contributed by atoms with Crippen LogP contribution in [0, 0.1) is 0 Å². The zero-order valence-corrected chi connectivity index (χ0v) is 14.6. The average molecular weight is 348 g/mol. The van der Waals surface area contributed by atoms with Crippen LogP contribution in [0.15, 0.2) is 30.3 Å². The van der Waals surface area contributed by atoms with Crippen molar-refractivity contribution in [3.05, 3.63) is 47.3 Å². The first-order chi connectivity index (χ1) is 12.7. The molecule has 7 heteroatoms. The number of carbonyl (C=O) groups is 1. The van der Waals surface area contributed by atoms with Gasteiger partial charge in [0.05, 0.1) is 17.3 Å². The van der Waals surface area contributed by atoms with E-state index in [1.807, 2.05) is 31.3 Å². The summed E-state index contributed by atoms with van der Waals surface area (Å²) in [4.78, 5) is 16.8. The molecule has 1 aliphatic carbocycles. The van der Waals surface area contributed by atoms with Gasteiger partial charge in [0.2, 0.25) is 0 Å². The number of carbonyl (C=O) groups excluding carboxylic acids is 1. The molecule has 3 aromatic rings. The molecule has 0 atom stereocenters. The molecule has 0 unspecified atom stereocenters. The highest BCUT2D eigenvalue weighted by molar-refractivity contribution is 6.04. The number of fused-ring (bicyclic) bond motifs is 2. The van der Waals surface area contributed by atoms with E-state index in [9.17, 15) is 4.79 Å². The molecule has 0 spiro atoms. The molecule has 1 saturated heterocycles. The molecule has 0 radical (unpaired) electrons. The lowest BCUT2D eigenvalue weighted by Crippen LogP contribution is -2.60. The van der Waals surface area contributed by atoms with E-state index in [0.717, 1.165) is 48.3 Å². The number of rotatable bonds is 3. The number of hydrogen-bond acceptors (Lipinski definition) is 5. The van der Waals surface area contributed by atoms with Crippen molar-refractivity contribution in [1.29, 1.82) is 0 Å². The topological polar surface area (TPSA) is 78.0 Å². The van der Waals surface area contributed by atoms with Crippen LogP contribution in [0.1, 0.15) is 28.2 Å². The van der Waals surface area contributed by atoms with Crippen molar-refractivity contribution < 1.29 is 4.79 Å². The first kappa shape index (κ1) is 15.3. The van der Waals surface area contributed by atoms with Gasteiger partial charge in [0.25, 0.3) is 5.91 Å². The summed E-state index contributed by atoms with van der Waals surface area (Å²) < 4.78 is 0. The van der Waals surface area contributed by atoms with E-state index in [-0.39, 0.29) is 11.9 Å². The molecular formula is C19H20N6O. The average Bonchev–Trinajstić information content (AvgIpc) is 3.26. The van der Waals surface area contributed by atoms with Crippen molar-refractivity contribution >= 4 is 22.6 Å². The molecule has 0 saturated carbocycles. The second-order valence-corrected chi connectivity index (χ2v) is 7.12. The first-order valence-corrected chi connectivity index (χ1v) is 9.01. The van der Waals surface area contributed by atoms with Gasteiger partial charge < -0.3 is 9.80 Å². The van der Waals surface area contributed by atoms with Crippen molar-refractivity contribution in [2.24, 2.45) is 0 Å². The number of aryl methyl sites for hydroxylation is 2. The molecule has 2 aromatic heterocycles. The van der Waals surface area contributed by atoms with Crippen LogP contribution in [0.3, 0.4) is 0 Å². The number of aromatic nitrogens is 4. The molecule has 132 valence electrons. The summed E-state index contributed by atoms with van der Waals surface area (Å²) in [7, 11) is 1.85. The van der Waals surface area contributed by atoms with Gasteiger partial charge in [-0.05, 0) is 37.0 Å². The largest absolute Gasteiger partial charge is 0.351 e. The number of anilines is 1. The number of aromatic amines is 1. The molecule has 7 nitrogen and oxygen atoms in total. The van der Waals surface area contributed by atoms with Gasteiger partial charge in [0, 0.05) is 25.5 Å². The van der Waals surface area contributed by atoms with Crippen LogP contribution in [0.5, 0.6) is 0 Å². The molecule has 1 fully saturated rings. The van der Waals surface area contributed by atoms with Gasteiger partial charge in [-0.15, -0.1) is 5.10 Å². The number of H-pyrrole nitrogens is 1. The second-order valence-electron chi connectivity index (χ2n) is 7.12. The van der Waals surface area contributed by atoms with E-state index in [1.165, 1.54) is 12.0 Å². The number of nitrogens with zero attached hydrogens (tertiary/aromatic N) is 5. The summed E-state index contributed by atoms with van der Waals surface area (Å²) in [5.74, 6) is 0.875. The SMILES string of the molecule is CN(C(=O)c1n[nH]c2ccccc12)C1CN(c2cc3c(nn2)CCC3)C1. The molecule has 2 aliphatic rings. The Hall–Kier alpha value is -2.96. The van der Waals surface area contributed by atoms with Gasteiger partial charge in [-0.2, -0.15) is 10.2 Å². The van der Waals surface area contributed by atoms with Gasteiger partial charge in [-0.3, -0.25) is 9.89 Å². The van der Waals surface area contributed by atoms with Crippen molar-refractivity contribution in [2.45, 2.75) is 25.3 Å². The molecule has 1 aromatic carbocycles. The lowest BCUT2D eigenvalue weighted by molar-refractivity contribution is 0.0701. The Labute approximate surface area is 151 Å². The molecule has 1 aliphatic heterocycles. The third kappa shape index (κ3) is 2.34. The first-order valence-electron chi connectivity index (χ1n) is 9.01. The number of hydrogen-bond donors (Lipinski definition) is 1. The Balaban J connectivity index is 1.29. The van der Waals surface area contributed by atoms with Crippen LogP contribution >= 0.6 is 0 Å². The Morgan fingerprint density at radius 3 is 2.96 bits per heavy atom. The van der Waals surface area contributed by atoms with E-state index in [0.29, 0.717) is 5.69 Å². The Kier molecular flexibility index (Phi) is 3.41. The highest BCUT2D eigenvalue weighted by Crippen LogP contribution is 2.27. The molecule has 0 bridgehead atoms. The number of likely N-dealkylation sites (N-methyl/N-ethyl adjacent to an activating group) is 1. The summed E-state index contributed by atoms with van der Waals surface area (Å²) in [6.45, 7) is 1.55.